The summed E-state index contributed by atoms with van der Waals surface area (Å²) in [4.78, 5) is 0. The van der Waals surface area contributed by atoms with Crippen LogP contribution in [0.3, 0.4) is 0 Å². The van der Waals surface area contributed by atoms with Crippen molar-refractivity contribution in [2.24, 2.45) is 0 Å². The maximum Gasteiger partial charge on any atom is 0.0590 e. The quantitative estimate of drug-likeness (QED) is 0.745. The molecule has 2 nitrogen and oxygen atoms in total. The Morgan fingerprint density at radius 2 is 2.27 bits per heavy atom. The van der Waals surface area contributed by atoms with E-state index in [1.54, 1.807) is 0 Å². The third kappa shape index (κ3) is 2.58. The first-order chi connectivity index (χ1) is 7.42. The normalized spacial score (nSPS) is 19.1. The number of aryl methyl sites for hydroxylation is 1. The maximum absolute atomic E-state index is 5.32. The van der Waals surface area contributed by atoms with Gasteiger partial charge in [0.05, 0.1) is 6.61 Å². The molecule has 0 spiro atoms. The molecule has 0 saturated heterocycles. The Kier molecular flexibility index (Phi) is 3.75. The second-order valence-electron chi connectivity index (χ2n) is 3.94. The van der Waals surface area contributed by atoms with E-state index in [4.69, 9.17) is 4.74 Å². The summed E-state index contributed by atoms with van der Waals surface area (Å²) >= 11 is 0. The van der Waals surface area contributed by atoms with Crippen molar-refractivity contribution in [1.82, 2.24) is 5.32 Å². The lowest BCUT2D eigenvalue weighted by Crippen LogP contribution is -2.23. The molecule has 1 aromatic rings. The highest BCUT2D eigenvalue weighted by Gasteiger charge is 2.20. The van der Waals surface area contributed by atoms with Gasteiger partial charge >= 0.3 is 0 Å². The molecule has 0 aliphatic heterocycles. The summed E-state index contributed by atoms with van der Waals surface area (Å²) < 4.78 is 5.32. The lowest BCUT2D eigenvalue weighted by atomic mass is 10.1. The van der Waals surface area contributed by atoms with E-state index >= 15 is 0 Å². The van der Waals surface area contributed by atoms with Crippen LogP contribution in [0.25, 0.3) is 0 Å². The van der Waals surface area contributed by atoms with Gasteiger partial charge in [-0.15, -0.1) is 0 Å². The number of hydrogen-bond donors (Lipinski definition) is 1. The topological polar surface area (TPSA) is 21.3 Å². The smallest absolute Gasteiger partial charge is 0.0590 e. The molecule has 0 bridgehead atoms. The number of nitrogens with one attached hydrogen (secondary N) is 1. The van der Waals surface area contributed by atoms with E-state index in [1.165, 1.54) is 24.0 Å². The van der Waals surface area contributed by atoms with Gasteiger partial charge in [0, 0.05) is 19.2 Å². The van der Waals surface area contributed by atoms with Gasteiger partial charge in [0.2, 0.25) is 0 Å². The van der Waals surface area contributed by atoms with E-state index < -0.39 is 0 Å². The average molecular weight is 205 g/mol. The van der Waals surface area contributed by atoms with Crippen LogP contribution in [0.5, 0.6) is 0 Å². The summed E-state index contributed by atoms with van der Waals surface area (Å²) in [6.07, 6.45) is 2.44. The fourth-order valence-corrected chi connectivity index (χ4v) is 2.22. The second kappa shape index (κ2) is 5.29. The molecule has 1 aromatic carbocycles. The molecule has 0 heterocycles. The Balaban J connectivity index is 1.85. The third-order valence-electron chi connectivity index (χ3n) is 2.97. The molecular formula is C13H19NO. The summed E-state index contributed by atoms with van der Waals surface area (Å²) in [5.41, 5.74) is 2.99. The zero-order chi connectivity index (χ0) is 10.5. The number of benzene rings is 1. The highest BCUT2D eigenvalue weighted by atomic mass is 16.5. The van der Waals surface area contributed by atoms with Crippen molar-refractivity contribution in [2.75, 3.05) is 19.8 Å². The van der Waals surface area contributed by atoms with Gasteiger partial charge in [-0.25, -0.2) is 0 Å². The van der Waals surface area contributed by atoms with Crippen molar-refractivity contribution in [2.45, 2.75) is 25.8 Å². The van der Waals surface area contributed by atoms with Gasteiger partial charge in [-0.1, -0.05) is 24.3 Å². The second-order valence-corrected chi connectivity index (χ2v) is 3.94. The summed E-state index contributed by atoms with van der Waals surface area (Å²) in [6.45, 7) is 4.61. The van der Waals surface area contributed by atoms with Crippen LogP contribution in [-0.2, 0) is 11.2 Å². The fourth-order valence-electron chi connectivity index (χ4n) is 2.22. The van der Waals surface area contributed by atoms with E-state index in [2.05, 4.69) is 29.6 Å². The van der Waals surface area contributed by atoms with E-state index in [9.17, 15) is 0 Å². The monoisotopic (exact) mass is 205 g/mol. The van der Waals surface area contributed by atoms with Crippen molar-refractivity contribution in [3.05, 3.63) is 35.4 Å². The van der Waals surface area contributed by atoms with Crippen molar-refractivity contribution in [3.63, 3.8) is 0 Å². The standard InChI is InChI=1S/C13H19NO/c1-2-15-10-9-14-13-8-7-11-5-3-4-6-12(11)13/h3-6,13-14H,2,7-10H2,1H3/t13-/m1/s1. The zero-order valence-electron chi connectivity index (χ0n) is 9.33. The molecule has 0 unspecified atom stereocenters. The van der Waals surface area contributed by atoms with Crippen LogP contribution in [0, 0.1) is 0 Å². The van der Waals surface area contributed by atoms with Gasteiger partial charge in [-0.05, 0) is 30.9 Å². The van der Waals surface area contributed by atoms with Gasteiger partial charge in [0.1, 0.15) is 0 Å². The van der Waals surface area contributed by atoms with E-state index in [1.807, 2.05) is 6.92 Å². The van der Waals surface area contributed by atoms with Gasteiger partial charge in [-0.3, -0.25) is 0 Å². The van der Waals surface area contributed by atoms with Crippen LogP contribution in [0.2, 0.25) is 0 Å². The van der Waals surface area contributed by atoms with Crippen LogP contribution < -0.4 is 5.32 Å². The minimum absolute atomic E-state index is 0.543. The average Bonchev–Trinajstić information content (AvgIpc) is 2.68. The molecule has 0 radical (unpaired) electrons. The summed E-state index contributed by atoms with van der Waals surface area (Å²) in [7, 11) is 0. The molecule has 0 fully saturated rings. The number of hydrogen-bond acceptors (Lipinski definition) is 2. The van der Waals surface area contributed by atoms with Crippen molar-refractivity contribution >= 4 is 0 Å². The molecule has 82 valence electrons. The van der Waals surface area contributed by atoms with Gasteiger partial charge in [0.15, 0.2) is 0 Å². The first-order valence-electron chi connectivity index (χ1n) is 5.80. The van der Waals surface area contributed by atoms with E-state index in [-0.39, 0.29) is 0 Å². The Labute approximate surface area is 91.6 Å². The van der Waals surface area contributed by atoms with Crippen LogP contribution in [0.1, 0.15) is 30.5 Å². The number of ether oxygens (including phenoxy) is 1. The molecule has 1 aliphatic rings. The largest absolute Gasteiger partial charge is 0.380 e. The lowest BCUT2D eigenvalue weighted by molar-refractivity contribution is 0.147. The van der Waals surface area contributed by atoms with Gasteiger partial charge < -0.3 is 10.1 Å². The number of rotatable bonds is 5. The molecule has 0 aromatic heterocycles. The summed E-state index contributed by atoms with van der Waals surface area (Å²) in [5, 5.41) is 3.55. The SMILES string of the molecule is CCOCCN[C@@H]1CCc2ccccc21. The molecule has 1 atom stereocenters. The minimum Gasteiger partial charge on any atom is -0.380 e. The molecule has 1 N–H and O–H groups in total. The van der Waals surface area contributed by atoms with Crippen LogP contribution in [0.4, 0.5) is 0 Å². The summed E-state index contributed by atoms with van der Waals surface area (Å²) in [6, 6.07) is 9.27. The van der Waals surface area contributed by atoms with Crippen LogP contribution >= 0.6 is 0 Å². The Morgan fingerprint density at radius 1 is 1.40 bits per heavy atom. The Morgan fingerprint density at radius 3 is 3.13 bits per heavy atom. The Hall–Kier alpha value is -0.860. The van der Waals surface area contributed by atoms with Crippen molar-refractivity contribution in [1.29, 1.82) is 0 Å². The summed E-state index contributed by atoms with van der Waals surface area (Å²) in [5.74, 6) is 0. The molecule has 2 rings (SSSR count). The highest BCUT2D eigenvalue weighted by Crippen LogP contribution is 2.30. The van der Waals surface area contributed by atoms with Crippen LogP contribution in [-0.4, -0.2) is 19.8 Å². The van der Waals surface area contributed by atoms with Gasteiger partial charge in [-0.2, -0.15) is 0 Å². The van der Waals surface area contributed by atoms with Crippen molar-refractivity contribution < 1.29 is 4.74 Å². The molecule has 0 saturated carbocycles. The molecule has 2 heteroatoms. The van der Waals surface area contributed by atoms with E-state index in [0.29, 0.717) is 6.04 Å². The Bertz CT molecular complexity index is 311. The van der Waals surface area contributed by atoms with E-state index in [0.717, 1.165) is 19.8 Å². The van der Waals surface area contributed by atoms with Crippen LogP contribution in [0.15, 0.2) is 24.3 Å². The molecule has 0 amide bonds. The molecular weight excluding hydrogens is 186 g/mol. The maximum atomic E-state index is 5.32. The first-order valence-corrected chi connectivity index (χ1v) is 5.80. The highest BCUT2D eigenvalue weighted by molar-refractivity contribution is 5.34. The van der Waals surface area contributed by atoms with Gasteiger partial charge in [0.25, 0.3) is 0 Å². The predicted octanol–water partition coefficient (Wildman–Crippen LogP) is 2.30. The third-order valence-corrected chi connectivity index (χ3v) is 2.97. The predicted molar refractivity (Wildman–Crippen MR) is 62.0 cm³/mol. The fraction of sp³-hybridized carbons (Fsp3) is 0.538. The minimum atomic E-state index is 0.543. The molecule has 1 aliphatic carbocycles. The van der Waals surface area contributed by atoms with Crippen molar-refractivity contribution in [3.8, 4) is 0 Å². The lowest BCUT2D eigenvalue weighted by Gasteiger charge is -2.13. The first kappa shape index (κ1) is 10.7. The zero-order valence-corrected chi connectivity index (χ0v) is 9.33. The number of fused-ring (bicyclic) bond motifs is 1. The molecule has 15 heavy (non-hydrogen) atoms.